The van der Waals surface area contributed by atoms with E-state index in [9.17, 15) is 4.79 Å². The first-order valence-electron chi connectivity index (χ1n) is 5.49. The van der Waals surface area contributed by atoms with Gasteiger partial charge in [-0.2, -0.15) is 11.8 Å². The van der Waals surface area contributed by atoms with Gasteiger partial charge in [-0.05, 0) is 30.7 Å². The molecule has 0 amide bonds. The number of Topliss-reactive ketones (excluding diaryl/α,β-unsaturated/α-hetero) is 1. The van der Waals surface area contributed by atoms with Crippen molar-refractivity contribution < 1.29 is 9.21 Å². The summed E-state index contributed by atoms with van der Waals surface area (Å²) >= 11 is 1.75. The van der Waals surface area contributed by atoms with Crippen LogP contribution in [-0.2, 0) is 0 Å². The maximum Gasteiger partial charge on any atom is 0.210 e. The molecular formula is C13H12O2S. The zero-order chi connectivity index (χ0) is 11.0. The van der Waals surface area contributed by atoms with Crippen molar-refractivity contribution >= 4 is 28.5 Å². The SMILES string of the molecule is O=C(c1cc2ccccc2o1)C1CCCS1. The van der Waals surface area contributed by atoms with Crippen LogP contribution < -0.4 is 0 Å². The van der Waals surface area contributed by atoms with Crippen molar-refractivity contribution in [2.75, 3.05) is 5.75 Å². The van der Waals surface area contributed by atoms with Crippen LogP contribution in [0.15, 0.2) is 34.7 Å². The normalized spacial score (nSPS) is 20.4. The van der Waals surface area contributed by atoms with E-state index in [0.29, 0.717) is 5.76 Å². The van der Waals surface area contributed by atoms with Gasteiger partial charge in [-0.15, -0.1) is 0 Å². The third kappa shape index (κ3) is 1.65. The molecule has 1 unspecified atom stereocenters. The van der Waals surface area contributed by atoms with Gasteiger partial charge in [0.25, 0.3) is 0 Å². The van der Waals surface area contributed by atoms with Gasteiger partial charge in [0.15, 0.2) is 5.76 Å². The third-order valence-electron chi connectivity index (χ3n) is 2.89. The standard InChI is InChI=1S/C13H12O2S/c14-13(12-6-3-7-16-12)11-8-9-4-1-2-5-10(9)15-11/h1-2,4-5,8,12H,3,6-7H2. The first kappa shape index (κ1) is 9.97. The molecule has 1 fully saturated rings. The molecule has 3 heteroatoms. The van der Waals surface area contributed by atoms with E-state index in [4.69, 9.17) is 4.42 Å². The van der Waals surface area contributed by atoms with Crippen LogP contribution in [0.25, 0.3) is 11.0 Å². The Kier molecular flexibility index (Phi) is 2.48. The van der Waals surface area contributed by atoms with E-state index < -0.39 is 0 Å². The molecule has 3 rings (SSSR count). The maximum absolute atomic E-state index is 12.1. The maximum atomic E-state index is 12.1. The number of ketones is 1. The van der Waals surface area contributed by atoms with E-state index in [1.807, 2.05) is 30.3 Å². The molecule has 0 spiro atoms. The highest BCUT2D eigenvalue weighted by atomic mass is 32.2. The van der Waals surface area contributed by atoms with Crippen LogP contribution in [0.5, 0.6) is 0 Å². The Labute approximate surface area is 98.0 Å². The molecule has 2 nitrogen and oxygen atoms in total. The van der Waals surface area contributed by atoms with Crippen molar-refractivity contribution in [1.29, 1.82) is 0 Å². The molecule has 1 aliphatic heterocycles. The zero-order valence-electron chi connectivity index (χ0n) is 8.81. The van der Waals surface area contributed by atoms with Crippen molar-refractivity contribution in [2.45, 2.75) is 18.1 Å². The fourth-order valence-corrected chi connectivity index (χ4v) is 3.27. The Morgan fingerprint density at radius 3 is 3.00 bits per heavy atom. The molecule has 0 saturated carbocycles. The average molecular weight is 232 g/mol. The molecular weight excluding hydrogens is 220 g/mol. The first-order chi connectivity index (χ1) is 7.84. The van der Waals surface area contributed by atoms with E-state index >= 15 is 0 Å². The van der Waals surface area contributed by atoms with Crippen LogP contribution in [0, 0.1) is 0 Å². The Morgan fingerprint density at radius 2 is 2.25 bits per heavy atom. The lowest BCUT2D eigenvalue weighted by atomic mass is 10.1. The van der Waals surface area contributed by atoms with E-state index in [1.54, 1.807) is 11.8 Å². The number of para-hydroxylation sites is 1. The number of fused-ring (bicyclic) bond motifs is 1. The van der Waals surface area contributed by atoms with E-state index in [1.165, 1.54) is 0 Å². The van der Waals surface area contributed by atoms with Gasteiger partial charge in [0.05, 0.1) is 5.25 Å². The van der Waals surface area contributed by atoms with Crippen LogP contribution >= 0.6 is 11.8 Å². The molecule has 2 aromatic rings. The molecule has 1 aliphatic rings. The van der Waals surface area contributed by atoms with Gasteiger partial charge in [-0.25, -0.2) is 0 Å². The quantitative estimate of drug-likeness (QED) is 0.742. The highest BCUT2D eigenvalue weighted by molar-refractivity contribution is 8.00. The van der Waals surface area contributed by atoms with E-state index in [2.05, 4.69) is 0 Å². The second kappa shape index (κ2) is 3.98. The zero-order valence-corrected chi connectivity index (χ0v) is 9.63. The lowest BCUT2D eigenvalue weighted by molar-refractivity contribution is 0.0964. The van der Waals surface area contributed by atoms with Gasteiger partial charge in [0.1, 0.15) is 5.58 Å². The molecule has 82 valence electrons. The van der Waals surface area contributed by atoms with Crippen LogP contribution in [0.3, 0.4) is 0 Å². The van der Waals surface area contributed by atoms with Gasteiger partial charge in [-0.1, -0.05) is 18.2 Å². The summed E-state index contributed by atoms with van der Waals surface area (Å²) in [6.07, 6.45) is 2.13. The molecule has 1 aromatic carbocycles. The fourth-order valence-electron chi connectivity index (χ4n) is 2.05. The van der Waals surface area contributed by atoms with Crippen molar-refractivity contribution in [3.05, 3.63) is 36.1 Å². The van der Waals surface area contributed by atoms with Gasteiger partial charge in [0, 0.05) is 5.39 Å². The number of benzene rings is 1. The number of hydrogen-bond donors (Lipinski definition) is 0. The number of carbonyl (C=O) groups is 1. The second-order valence-electron chi connectivity index (χ2n) is 4.01. The minimum atomic E-state index is 0.112. The Balaban J connectivity index is 1.96. The van der Waals surface area contributed by atoms with Crippen molar-refractivity contribution in [1.82, 2.24) is 0 Å². The highest BCUT2D eigenvalue weighted by Crippen LogP contribution is 2.30. The molecule has 2 heterocycles. The predicted molar refractivity (Wildman–Crippen MR) is 66.0 cm³/mol. The topological polar surface area (TPSA) is 30.2 Å². The Morgan fingerprint density at radius 1 is 1.38 bits per heavy atom. The first-order valence-corrected chi connectivity index (χ1v) is 6.54. The average Bonchev–Trinajstić information content (AvgIpc) is 2.97. The van der Waals surface area contributed by atoms with E-state index in [-0.39, 0.29) is 11.0 Å². The summed E-state index contributed by atoms with van der Waals surface area (Å²) in [6, 6.07) is 9.60. The van der Waals surface area contributed by atoms with Gasteiger partial charge >= 0.3 is 0 Å². The summed E-state index contributed by atoms with van der Waals surface area (Å²) in [5.74, 6) is 1.76. The predicted octanol–water partition coefficient (Wildman–Crippen LogP) is 3.51. The van der Waals surface area contributed by atoms with Crippen LogP contribution in [0.1, 0.15) is 23.4 Å². The monoisotopic (exact) mass is 232 g/mol. The van der Waals surface area contributed by atoms with Gasteiger partial charge < -0.3 is 4.42 Å². The van der Waals surface area contributed by atoms with Crippen molar-refractivity contribution in [3.63, 3.8) is 0 Å². The molecule has 16 heavy (non-hydrogen) atoms. The summed E-state index contributed by atoms with van der Waals surface area (Å²) in [4.78, 5) is 12.1. The number of carbonyl (C=O) groups excluding carboxylic acids is 1. The lowest BCUT2D eigenvalue weighted by Crippen LogP contribution is -2.12. The molecule has 0 aliphatic carbocycles. The smallest absolute Gasteiger partial charge is 0.210 e. The minimum absolute atomic E-state index is 0.112. The number of hydrogen-bond acceptors (Lipinski definition) is 3. The highest BCUT2D eigenvalue weighted by Gasteiger charge is 2.26. The fraction of sp³-hybridized carbons (Fsp3) is 0.308. The number of rotatable bonds is 2. The Hall–Kier alpha value is -1.22. The second-order valence-corrected chi connectivity index (χ2v) is 5.33. The molecule has 1 atom stereocenters. The lowest BCUT2D eigenvalue weighted by Gasteiger charge is -2.02. The summed E-state index contributed by atoms with van der Waals surface area (Å²) in [7, 11) is 0. The number of thioether (sulfide) groups is 1. The summed E-state index contributed by atoms with van der Waals surface area (Å²) in [6.45, 7) is 0. The molecule has 0 N–H and O–H groups in total. The largest absolute Gasteiger partial charge is 0.453 e. The molecule has 1 aromatic heterocycles. The third-order valence-corrected chi connectivity index (χ3v) is 4.27. The number of furan rings is 1. The van der Waals surface area contributed by atoms with Crippen molar-refractivity contribution in [2.24, 2.45) is 0 Å². The van der Waals surface area contributed by atoms with Crippen molar-refractivity contribution in [3.8, 4) is 0 Å². The Bertz CT molecular complexity index is 490. The summed E-state index contributed by atoms with van der Waals surface area (Å²) in [5.41, 5.74) is 0.800. The summed E-state index contributed by atoms with van der Waals surface area (Å²) in [5, 5.41) is 1.12. The van der Waals surface area contributed by atoms with Crippen LogP contribution in [0.2, 0.25) is 0 Å². The molecule has 0 bridgehead atoms. The minimum Gasteiger partial charge on any atom is -0.453 e. The summed E-state index contributed by atoms with van der Waals surface area (Å²) < 4.78 is 5.58. The molecule has 1 saturated heterocycles. The molecule has 0 radical (unpaired) electrons. The van der Waals surface area contributed by atoms with Gasteiger partial charge in [-0.3, -0.25) is 4.79 Å². The van der Waals surface area contributed by atoms with E-state index in [0.717, 1.165) is 29.6 Å². The van der Waals surface area contributed by atoms with Crippen LogP contribution in [0.4, 0.5) is 0 Å². The van der Waals surface area contributed by atoms with Crippen LogP contribution in [-0.4, -0.2) is 16.8 Å². The van der Waals surface area contributed by atoms with Gasteiger partial charge in [0.2, 0.25) is 5.78 Å².